The molecule has 0 amide bonds. The lowest BCUT2D eigenvalue weighted by Crippen LogP contribution is -2.22. The first kappa shape index (κ1) is 13.2. The van der Waals surface area contributed by atoms with Crippen LogP contribution in [0.1, 0.15) is 19.5 Å². The van der Waals surface area contributed by atoms with Crippen LogP contribution in [-0.2, 0) is 6.54 Å². The molecule has 1 aromatic carbocycles. The molecule has 0 unspecified atom stereocenters. The van der Waals surface area contributed by atoms with E-state index in [1.54, 1.807) is 12.1 Å². The number of hydrogen-bond acceptors (Lipinski definition) is 3. The number of halogens is 2. The second kappa shape index (κ2) is 5.63. The summed E-state index contributed by atoms with van der Waals surface area (Å²) < 4.78 is 19.9. The summed E-state index contributed by atoms with van der Waals surface area (Å²) in [6.07, 6.45) is 1.34. The smallest absolute Gasteiger partial charge is 0.181 e. The van der Waals surface area contributed by atoms with Crippen LogP contribution in [0.4, 0.5) is 4.39 Å². The van der Waals surface area contributed by atoms with Gasteiger partial charge in [-0.2, -0.15) is 0 Å². The van der Waals surface area contributed by atoms with Crippen molar-refractivity contribution in [2.45, 2.75) is 26.4 Å². The summed E-state index contributed by atoms with van der Waals surface area (Å²) in [5.41, 5.74) is 1.14. The lowest BCUT2D eigenvalue weighted by atomic mass is 10.1. The highest BCUT2D eigenvalue weighted by molar-refractivity contribution is 9.10. The van der Waals surface area contributed by atoms with Crippen molar-refractivity contribution in [3.05, 3.63) is 40.6 Å². The molecular weight excluding hydrogens is 299 g/mol. The molecular formula is C13H14BrFN2O. The minimum Gasteiger partial charge on any atom is -0.443 e. The van der Waals surface area contributed by atoms with Crippen LogP contribution in [0.25, 0.3) is 11.3 Å². The standard InChI is InChI=1S/C13H14BrFN2O/c1-8(2)16-6-12-13(18-7-17-12)10-4-3-9(14)5-11(10)15/h3-5,7-8,16H,6H2,1-2H3. The number of hydrogen-bond donors (Lipinski definition) is 1. The van der Waals surface area contributed by atoms with Gasteiger partial charge in [0.25, 0.3) is 0 Å². The Morgan fingerprint density at radius 1 is 1.44 bits per heavy atom. The van der Waals surface area contributed by atoms with Crippen molar-refractivity contribution in [3.8, 4) is 11.3 Å². The first-order valence-corrected chi connectivity index (χ1v) is 6.48. The van der Waals surface area contributed by atoms with Crippen molar-refractivity contribution in [2.24, 2.45) is 0 Å². The quantitative estimate of drug-likeness (QED) is 0.934. The highest BCUT2D eigenvalue weighted by Gasteiger charge is 2.15. The number of benzene rings is 1. The molecule has 0 fully saturated rings. The number of rotatable bonds is 4. The maximum atomic E-state index is 13.9. The SMILES string of the molecule is CC(C)NCc1ncoc1-c1ccc(Br)cc1F. The van der Waals surface area contributed by atoms with E-state index in [4.69, 9.17) is 4.42 Å². The molecule has 2 aromatic rings. The first-order chi connectivity index (χ1) is 8.58. The van der Waals surface area contributed by atoms with Gasteiger partial charge in [0.2, 0.25) is 0 Å². The normalized spacial score (nSPS) is 11.2. The molecule has 1 heterocycles. The number of nitrogens with zero attached hydrogens (tertiary/aromatic N) is 1. The lowest BCUT2D eigenvalue weighted by molar-refractivity contribution is 0.554. The van der Waals surface area contributed by atoms with E-state index in [0.717, 1.165) is 0 Å². The molecule has 0 bridgehead atoms. The fourth-order valence-electron chi connectivity index (χ4n) is 1.59. The Balaban J connectivity index is 2.30. The third kappa shape index (κ3) is 2.97. The van der Waals surface area contributed by atoms with Crippen LogP contribution in [-0.4, -0.2) is 11.0 Å². The maximum Gasteiger partial charge on any atom is 0.181 e. The van der Waals surface area contributed by atoms with Gasteiger partial charge < -0.3 is 9.73 Å². The third-order valence-electron chi connectivity index (χ3n) is 2.49. The molecule has 96 valence electrons. The average Bonchev–Trinajstić information content (AvgIpc) is 2.74. The number of aromatic nitrogens is 1. The van der Waals surface area contributed by atoms with Gasteiger partial charge in [-0.25, -0.2) is 9.37 Å². The minimum absolute atomic E-state index is 0.327. The molecule has 18 heavy (non-hydrogen) atoms. The van der Waals surface area contributed by atoms with Crippen molar-refractivity contribution in [3.63, 3.8) is 0 Å². The molecule has 0 aliphatic rings. The molecule has 0 spiro atoms. The average molecular weight is 313 g/mol. The fraction of sp³-hybridized carbons (Fsp3) is 0.308. The van der Waals surface area contributed by atoms with E-state index in [0.29, 0.717) is 34.1 Å². The molecule has 2 rings (SSSR count). The van der Waals surface area contributed by atoms with Crippen molar-refractivity contribution in [2.75, 3.05) is 0 Å². The van der Waals surface area contributed by atoms with E-state index in [1.807, 2.05) is 13.8 Å². The van der Waals surface area contributed by atoms with Crippen LogP contribution in [0.5, 0.6) is 0 Å². The van der Waals surface area contributed by atoms with E-state index >= 15 is 0 Å². The van der Waals surface area contributed by atoms with Gasteiger partial charge in [-0.1, -0.05) is 29.8 Å². The monoisotopic (exact) mass is 312 g/mol. The Morgan fingerprint density at radius 2 is 2.22 bits per heavy atom. The van der Waals surface area contributed by atoms with Gasteiger partial charge in [-0.3, -0.25) is 0 Å². The number of nitrogens with one attached hydrogen (secondary N) is 1. The topological polar surface area (TPSA) is 38.1 Å². The molecule has 1 aromatic heterocycles. The Kier molecular flexibility index (Phi) is 4.14. The van der Waals surface area contributed by atoms with Gasteiger partial charge in [-0.15, -0.1) is 0 Å². The summed E-state index contributed by atoms with van der Waals surface area (Å²) in [5, 5.41) is 3.23. The van der Waals surface area contributed by atoms with Crippen molar-refractivity contribution in [1.82, 2.24) is 10.3 Å². The molecule has 0 aliphatic carbocycles. The Morgan fingerprint density at radius 3 is 2.89 bits per heavy atom. The van der Waals surface area contributed by atoms with Crippen LogP contribution < -0.4 is 5.32 Å². The summed E-state index contributed by atoms with van der Waals surface area (Å²) in [6.45, 7) is 4.64. The Hall–Kier alpha value is -1.20. The van der Waals surface area contributed by atoms with Gasteiger partial charge >= 0.3 is 0 Å². The third-order valence-corrected chi connectivity index (χ3v) is 2.99. The van der Waals surface area contributed by atoms with Gasteiger partial charge in [0.1, 0.15) is 11.5 Å². The van der Waals surface area contributed by atoms with Gasteiger partial charge in [-0.05, 0) is 18.2 Å². The summed E-state index contributed by atoms with van der Waals surface area (Å²) in [5.74, 6) is 0.153. The summed E-state index contributed by atoms with van der Waals surface area (Å²) in [6, 6.07) is 5.21. The maximum absolute atomic E-state index is 13.9. The van der Waals surface area contributed by atoms with E-state index in [9.17, 15) is 4.39 Å². The van der Waals surface area contributed by atoms with Crippen LogP contribution >= 0.6 is 15.9 Å². The molecule has 3 nitrogen and oxygen atoms in total. The predicted molar refractivity (Wildman–Crippen MR) is 71.6 cm³/mol. The van der Waals surface area contributed by atoms with Gasteiger partial charge in [0.05, 0.1) is 5.56 Å². The second-order valence-corrected chi connectivity index (χ2v) is 5.20. The van der Waals surface area contributed by atoms with E-state index < -0.39 is 0 Å². The van der Waals surface area contributed by atoms with E-state index in [-0.39, 0.29) is 5.82 Å². The van der Waals surface area contributed by atoms with E-state index in [1.165, 1.54) is 12.5 Å². The van der Waals surface area contributed by atoms with Gasteiger partial charge in [0.15, 0.2) is 12.2 Å². The van der Waals surface area contributed by atoms with Crippen molar-refractivity contribution in [1.29, 1.82) is 0 Å². The fourth-order valence-corrected chi connectivity index (χ4v) is 1.92. The number of oxazole rings is 1. The lowest BCUT2D eigenvalue weighted by Gasteiger charge is -2.07. The Bertz CT molecular complexity index is 540. The molecule has 0 saturated carbocycles. The molecule has 0 radical (unpaired) electrons. The molecule has 1 N–H and O–H groups in total. The van der Waals surface area contributed by atoms with Crippen molar-refractivity contribution >= 4 is 15.9 Å². The highest BCUT2D eigenvalue weighted by atomic mass is 79.9. The highest BCUT2D eigenvalue weighted by Crippen LogP contribution is 2.28. The van der Waals surface area contributed by atoms with Crippen LogP contribution in [0.2, 0.25) is 0 Å². The molecule has 0 atom stereocenters. The molecule has 0 saturated heterocycles. The van der Waals surface area contributed by atoms with Crippen molar-refractivity contribution < 1.29 is 8.81 Å². The summed E-state index contributed by atoms with van der Waals surface area (Å²) in [4.78, 5) is 4.12. The van der Waals surface area contributed by atoms with E-state index in [2.05, 4.69) is 26.2 Å². The summed E-state index contributed by atoms with van der Waals surface area (Å²) in [7, 11) is 0. The van der Waals surface area contributed by atoms with Gasteiger partial charge in [0, 0.05) is 17.1 Å². The zero-order chi connectivity index (χ0) is 13.1. The zero-order valence-electron chi connectivity index (χ0n) is 10.2. The molecule has 5 heteroatoms. The van der Waals surface area contributed by atoms with Crippen LogP contribution in [0.3, 0.4) is 0 Å². The molecule has 0 aliphatic heterocycles. The predicted octanol–water partition coefficient (Wildman–Crippen LogP) is 3.74. The Labute approximate surface area is 114 Å². The van der Waals surface area contributed by atoms with Crippen LogP contribution in [0, 0.1) is 5.82 Å². The second-order valence-electron chi connectivity index (χ2n) is 4.29. The summed E-state index contributed by atoms with van der Waals surface area (Å²) >= 11 is 3.23. The first-order valence-electron chi connectivity index (χ1n) is 5.69. The largest absolute Gasteiger partial charge is 0.443 e. The van der Waals surface area contributed by atoms with Crippen LogP contribution in [0.15, 0.2) is 33.5 Å². The zero-order valence-corrected chi connectivity index (χ0v) is 11.8. The minimum atomic E-state index is -0.327.